The van der Waals surface area contributed by atoms with Crippen LogP contribution in [-0.4, -0.2) is 51.8 Å². The molecule has 3 aromatic heterocycles. The van der Waals surface area contributed by atoms with Crippen LogP contribution in [0.1, 0.15) is 10.4 Å². The van der Waals surface area contributed by atoms with Crippen molar-refractivity contribution in [1.29, 1.82) is 0 Å². The lowest BCUT2D eigenvalue weighted by atomic mass is 9.97. The number of halogens is 1. The molecular weight excluding hydrogens is 647 g/mol. The van der Waals surface area contributed by atoms with Crippen LogP contribution in [-0.2, 0) is 10.0 Å². The van der Waals surface area contributed by atoms with Crippen LogP contribution < -0.4 is 14.4 Å². The number of hydrogen-bond donors (Lipinski definition) is 1. The highest BCUT2D eigenvalue weighted by Gasteiger charge is 2.27. The van der Waals surface area contributed by atoms with Gasteiger partial charge in [-0.3, -0.25) is 14.1 Å². The Labute approximate surface area is 280 Å². The first-order valence-electron chi connectivity index (χ1n) is 15.1. The fraction of sp³-hybridized carbons (Fsp3) is 0.108. The number of benzene rings is 4. The zero-order valence-corrected chi connectivity index (χ0v) is 27.6. The number of carbonyl (C=O) groups excluding carboxylic acids is 1. The Bertz CT molecular complexity index is 2490. The lowest BCUT2D eigenvalue weighted by Crippen LogP contribution is -2.25. The maximum Gasteiger partial charge on any atom is 0.255 e. The van der Waals surface area contributed by atoms with Gasteiger partial charge in [0.05, 0.1) is 30.2 Å². The van der Waals surface area contributed by atoms with Crippen LogP contribution in [0.25, 0.3) is 67.1 Å². The minimum absolute atomic E-state index is 0.215. The highest BCUT2D eigenvalue weighted by molar-refractivity contribution is 7.92. The van der Waals surface area contributed by atoms with E-state index in [-0.39, 0.29) is 16.9 Å². The number of furan rings is 1. The largest absolute Gasteiger partial charge is 0.496 e. The van der Waals surface area contributed by atoms with Gasteiger partial charge in [-0.1, -0.05) is 18.2 Å². The molecule has 3 heterocycles. The van der Waals surface area contributed by atoms with Gasteiger partial charge in [0.2, 0.25) is 15.9 Å². The third-order valence-electron chi connectivity index (χ3n) is 8.33. The summed E-state index contributed by atoms with van der Waals surface area (Å²) >= 11 is 0. The van der Waals surface area contributed by atoms with Crippen LogP contribution in [0.5, 0.6) is 5.75 Å². The van der Waals surface area contributed by atoms with E-state index in [2.05, 4.69) is 10.3 Å². The number of amides is 1. The quantitative estimate of drug-likeness (QED) is 0.175. The Morgan fingerprint density at radius 1 is 0.878 bits per heavy atom. The topological polar surface area (TPSA) is 128 Å². The predicted octanol–water partition coefficient (Wildman–Crippen LogP) is 7.54. The van der Waals surface area contributed by atoms with Crippen LogP contribution in [0.3, 0.4) is 0 Å². The van der Waals surface area contributed by atoms with E-state index in [0.29, 0.717) is 56.1 Å². The van der Waals surface area contributed by atoms with Crippen molar-refractivity contribution in [2.45, 2.75) is 0 Å². The van der Waals surface area contributed by atoms with Crippen molar-refractivity contribution in [3.05, 3.63) is 109 Å². The van der Waals surface area contributed by atoms with Gasteiger partial charge in [0, 0.05) is 54.6 Å². The third-order valence-corrected chi connectivity index (χ3v) is 9.52. The Balaban J connectivity index is 1.44. The number of ether oxygens (including phenoxy) is 1. The van der Waals surface area contributed by atoms with Gasteiger partial charge in [0.15, 0.2) is 5.58 Å². The van der Waals surface area contributed by atoms with Gasteiger partial charge >= 0.3 is 0 Å². The molecule has 12 heteroatoms. The minimum Gasteiger partial charge on any atom is -0.496 e. The maximum atomic E-state index is 13.8. The molecule has 0 saturated heterocycles. The third kappa shape index (κ3) is 5.76. The number of aromatic nitrogens is 2. The maximum absolute atomic E-state index is 13.8. The number of fused-ring (bicyclic) bond motifs is 2. The van der Waals surface area contributed by atoms with Crippen LogP contribution in [0.4, 0.5) is 10.1 Å². The molecule has 1 N–H and O–H groups in total. The van der Waals surface area contributed by atoms with E-state index in [1.807, 2.05) is 30.3 Å². The number of carbonyl (C=O) groups is 1. The summed E-state index contributed by atoms with van der Waals surface area (Å²) in [6.07, 6.45) is 4.58. The molecule has 0 saturated carbocycles. The predicted molar refractivity (Wildman–Crippen MR) is 186 cm³/mol. The summed E-state index contributed by atoms with van der Waals surface area (Å²) in [6.45, 7) is 0. The van der Waals surface area contributed by atoms with E-state index in [9.17, 15) is 17.6 Å². The Morgan fingerprint density at radius 3 is 2.33 bits per heavy atom. The smallest absolute Gasteiger partial charge is 0.255 e. The van der Waals surface area contributed by atoms with E-state index in [1.54, 1.807) is 42.7 Å². The molecule has 0 unspecified atom stereocenters. The van der Waals surface area contributed by atoms with Crippen molar-refractivity contribution in [1.82, 2.24) is 15.3 Å². The summed E-state index contributed by atoms with van der Waals surface area (Å²) in [7, 11) is 0.729. The Morgan fingerprint density at radius 2 is 1.63 bits per heavy atom. The van der Waals surface area contributed by atoms with Gasteiger partial charge in [-0.2, -0.15) is 0 Å². The average Bonchev–Trinajstić information content (AvgIpc) is 3.71. The summed E-state index contributed by atoms with van der Waals surface area (Å²) in [5.74, 6) is 0.121. The van der Waals surface area contributed by atoms with Crippen molar-refractivity contribution in [2.75, 3.05) is 31.8 Å². The fourth-order valence-corrected chi connectivity index (χ4v) is 6.26. The average molecular weight is 677 g/mol. The molecule has 0 bridgehead atoms. The number of nitrogens with zero attached hydrogens (tertiary/aromatic N) is 3. The molecule has 1 amide bonds. The summed E-state index contributed by atoms with van der Waals surface area (Å²) in [5, 5.41) is 3.09. The second-order valence-corrected chi connectivity index (χ2v) is 13.4. The number of anilines is 1. The van der Waals surface area contributed by atoms with Crippen LogP contribution in [0, 0.1) is 5.82 Å². The molecule has 0 fully saturated rings. The molecule has 246 valence electrons. The van der Waals surface area contributed by atoms with Crippen molar-refractivity contribution in [3.63, 3.8) is 0 Å². The molecular formula is C37H29FN4O6S. The number of oxazole rings is 1. The van der Waals surface area contributed by atoms with Crippen molar-refractivity contribution < 1.29 is 31.2 Å². The van der Waals surface area contributed by atoms with Crippen LogP contribution in [0.15, 0.2) is 106 Å². The van der Waals surface area contributed by atoms with E-state index >= 15 is 0 Å². The number of pyridine rings is 1. The summed E-state index contributed by atoms with van der Waals surface area (Å²) in [4.78, 5) is 22.2. The Hall–Kier alpha value is -6.01. The highest BCUT2D eigenvalue weighted by Crippen LogP contribution is 2.43. The number of sulfonamides is 1. The van der Waals surface area contributed by atoms with Gasteiger partial charge in [-0.05, 0) is 71.8 Å². The monoisotopic (exact) mass is 676 g/mol. The summed E-state index contributed by atoms with van der Waals surface area (Å²) in [6, 6.07) is 23.7. The minimum atomic E-state index is -3.75. The first-order valence-corrected chi connectivity index (χ1v) is 16.9. The van der Waals surface area contributed by atoms with Crippen LogP contribution in [0.2, 0.25) is 0 Å². The van der Waals surface area contributed by atoms with Gasteiger partial charge in [0.1, 0.15) is 28.4 Å². The number of hydrogen-bond acceptors (Lipinski definition) is 8. The fourth-order valence-electron chi connectivity index (χ4n) is 5.75. The van der Waals surface area contributed by atoms with Gasteiger partial charge in [0.25, 0.3) is 5.91 Å². The second-order valence-electron chi connectivity index (χ2n) is 11.3. The number of methoxy groups -OCH3 is 1. The lowest BCUT2D eigenvalue weighted by molar-refractivity contribution is 0.0964. The molecule has 0 atom stereocenters. The molecule has 0 spiro atoms. The molecule has 4 aromatic carbocycles. The standard InChI is InChI=1S/C37H29FN4O6S/c1-39-36(43)34-27-18-26(30(42(2)49(4,44)45)19-32(27)47-35(34)21-7-11-25(38)12-8-21)23-10-14-31(46-3)28(16-23)37-41-29-13-9-22(17-33(29)48-37)24-6-5-15-40-20-24/h5-20H,1-4H3,(H,39,43). The van der Waals surface area contributed by atoms with Crippen molar-refractivity contribution in [3.8, 4) is 50.8 Å². The molecule has 0 aliphatic rings. The number of nitrogens with one attached hydrogen (secondary N) is 1. The molecule has 49 heavy (non-hydrogen) atoms. The SMILES string of the molecule is CNC(=O)c1c(-c2ccc(F)cc2)oc2cc(N(C)S(C)(=O)=O)c(-c3ccc(OC)c(-c4nc5ccc(-c6cccnc6)cc5o4)c3)cc12. The molecule has 0 aliphatic carbocycles. The number of rotatable bonds is 8. The molecule has 7 rings (SSSR count). The van der Waals surface area contributed by atoms with E-state index < -0.39 is 21.7 Å². The zero-order chi connectivity index (χ0) is 34.4. The molecule has 0 aliphatic heterocycles. The Kier molecular flexibility index (Phi) is 7.87. The summed E-state index contributed by atoms with van der Waals surface area (Å²) < 4.78 is 58.9. The molecule has 10 nitrogen and oxygen atoms in total. The van der Waals surface area contributed by atoms with E-state index in [4.69, 9.17) is 18.6 Å². The lowest BCUT2D eigenvalue weighted by Gasteiger charge is -2.21. The normalized spacial score (nSPS) is 11.6. The zero-order valence-electron chi connectivity index (χ0n) is 26.8. The molecule has 0 radical (unpaired) electrons. The van der Waals surface area contributed by atoms with Crippen molar-refractivity contribution in [2.24, 2.45) is 0 Å². The van der Waals surface area contributed by atoms with E-state index in [1.165, 1.54) is 45.5 Å². The highest BCUT2D eigenvalue weighted by atomic mass is 32.2. The first-order chi connectivity index (χ1) is 23.5. The van der Waals surface area contributed by atoms with Gasteiger partial charge in [-0.25, -0.2) is 17.8 Å². The van der Waals surface area contributed by atoms with Crippen LogP contribution >= 0.6 is 0 Å². The van der Waals surface area contributed by atoms with Gasteiger partial charge in [-0.15, -0.1) is 0 Å². The summed E-state index contributed by atoms with van der Waals surface area (Å²) in [5.41, 5.74) is 5.90. The van der Waals surface area contributed by atoms with Crippen molar-refractivity contribution >= 4 is 43.7 Å². The van der Waals surface area contributed by atoms with Gasteiger partial charge < -0.3 is 18.9 Å². The molecule has 7 aromatic rings. The second kappa shape index (κ2) is 12.2. The van der Waals surface area contributed by atoms with E-state index in [0.717, 1.165) is 21.7 Å². The first kappa shape index (κ1) is 31.6.